The number of nitrogens with zero attached hydrogens (tertiary/aromatic N) is 3. The topological polar surface area (TPSA) is 87.6 Å². The van der Waals surface area contributed by atoms with E-state index in [1.54, 1.807) is 6.20 Å². The average Bonchev–Trinajstić information content (AvgIpc) is 3.34. The van der Waals surface area contributed by atoms with Gasteiger partial charge in [-0.05, 0) is 36.4 Å². The van der Waals surface area contributed by atoms with Crippen molar-refractivity contribution < 1.29 is 4.79 Å². The summed E-state index contributed by atoms with van der Waals surface area (Å²) < 4.78 is 1.82. The summed E-state index contributed by atoms with van der Waals surface area (Å²) in [6.07, 6.45) is 1.69. The van der Waals surface area contributed by atoms with Crippen LogP contribution in [0, 0.1) is 0 Å². The summed E-state index contributed by atoms with van der Waals surface area (Å²) in [7, 11) is 0. The van der Waals surface area contributed by atoms with E-state index in [1.165, 1.54) is 0 Å². The van der Waals surface area contributed by atoms with E-state index in [4.69, 9.17) is 16.7 Å². The summed E-state index contributed by atoms with van der Waals surface area (Å²) in [5.74, 6) is 0. The molecule has 2 aromatic heterocycles. The maximum Gasteiger partial charge on any atom is 0.319 e. The van der Waals surface area contributed by atoms with Crippen molar-refractivity contribution in [1.82, 2.24) is 25.3 Å². The van der Waals surface area contributed by atoms with Crippen molar-refractivity contribution in [3.8, 4) is 5.69 Å². The molecule has 0 atom stereocenters. The molecule has 7 nitrogen and oxygen atoms in total. The van der Waals surface area contributed by atoms with Crippen molar-refractivity contribution >= 4 is 34.2 Å². The van der Waals surface area contributed by atoms with Gasteiger partial charge >= 0.3 is 6.03 Å². The van der Waals surface area contributed by atoms with Gasteiger partial charge in [-0.1, -0.05) is 44.5 Å². The summed E-state index contributed by atoms with van der Waals surface area (Å²) in [4.78, 5) is 12.6. The molecule has 0 aliphatic carbocycles. The largest absolute Gasteiger partial charge is 0.332 e. The Balaban J connectivity index is 1.55. The normalized spacial score (nSPS) is 11.6. The Kier molecular flexibility index (Phi) is 5.22. The fourth-order valence-electron chi connectivity index (χ4n) is 3.16. The molecular formula is C22H23ClN6O. The lowest BCUT2D eigenvalue weighted by atomic mass is 9.92. The molecule has 0 saturated carbocycles. The molecule has 30 heavy (non-hydrogen) atoms. The highest BCUT2D eigenvalue weighted by Crippen LogP contribution is 2.25. The molecule has 0 unspecified atom stereocenters. The van der Waals surface area contributed by atoms with Crippen LogP contribution in [0.1, 0.15) is 32.2 Å². The highest BCUT2D eigenvalue weighted by molar-refractivity contribution is 6.30. The van der Waals surface area contributed by atoms with E-state index in [2.05, 4.69) is 41.6 Å². The molecule has 0 bridgehead atoms. The number of urea groups is 1. The van der Waals surface area contributed by atoms with Crippen LogP contribution in [-0.4, -0.2) is 26.0 Å². The van der Waals surface area contributed by atoms with E-state index in [1.807, 2.05) is 53.2 Å². The Morgan fingerprint density at radius 2 is 1.97 bits per heavy atom. The van der Waals surface area contributed by atoms with E-state index in [0.717, 1.165) is 28.0 Å². The van der Waals surface area contributed by atoms with E-state index in [9.17, 15) is 4.79 Å². The lowest BCUT2D eigenvalue weighted by Crippen LogP contribution is -2.29. The molecule has 2 aromatic carbocycles. The van der Waals surface area contributed by atoms with Gasteiger partial charge in [-0.25, -0.2) is 9.48 Å². The van der Waals surface area contributed by atoms with Gasteiger partial charge in [0, 0.05) is 15.8 Å². The second-order valence-corrected chi connectivity index (χ2v) is 8.54. The van der Waals surface area contributed by atoms with Gasteiger partial charge in [-0.2, -0.15) is 10.2 Å². The number of hydrogen-bond acceptors (Lipinski definition) is 3. The van der Waals surface area contributed by atoms with Crippen molar-refractivity contribution in [1.29, 1.82) is 0 Å². The second-order valence-electron chi connectivity index (χ2n) is 8.11. The van der Waals surface area contributed by atoms with E-state index < -0.39 is 0 Å². The highest BCUT2D eigenvalue weighted by Gasteiger charge is 2.21. The molecule has 154 valence electrons. The standard InChI is InChI=1S/C22H23ClN6O/c1-22(2,3)20-11-16(29(28-20)15-7-4-6-14(23)10-15)12-24-21(30)26-18-8-5-9-19-17(18)13-25-27-19/h4-11,13H,12H2,1-3H3,(H,25,27)(H2,24,26,30). The van der Waals surface area contributed by atoms with Crippen LogP contribution in [0.4, 0.5) is 10.5 Å². The van der Waals surface area contributed by atoms with Crippen molar-refractivity contribution in [3.63, 3.8) is 0 Å². The number of carbonyl (C=O) groups excluding carboxylic acids is 1. The minimum absolute atomic E-state index is 0.127. The van der Waals surface area contributed by atoms with Gasteiger partial charge in [0.2, 0.25) is 0 Å². The van der Waals surface area contributed by atoms with E-state index in [0.29, 0.717) is 17.3 Å². The fourth-order valence-corrected chi connectivity index (χ4v) is 3.34. The molecular weight excluding hydrogens is 400 g/mol. The van der Waals surface area contributed by atoms with Crippen LogP contribution in [0.3, 0.4) is 0 Å². The van der Waals surface area contributed by atoms with Crippen LogP contribution in [0.5, 0.6) is 0 Å². The third-order valence-corrected chi connectivity index (χ3v) is 5.00. The van der Waals surface area contributed by atoms with Gasteiger partial charge in [0.15, 0.2) is 0 Å². The lowest BCUT2D eigenvalue weighted by Gasteiger charge is -2.14. The molecule has 0 fully saturated rings. The van der Waals surface area contributed by atoms with Gasteiger partial charge in [-0.3, -0.25) is 5.10 Å². The zero-order valence-electron chi connectivity index (χ0n) is 17.0. The number of rotatable bonds is 4. The Bertz CT molecular complexity index is 1200. The summed E-state index contributed by atoms with van der Waals surface area (Å²) in [6, 6.07) is 14.8. The number of hydrogen-bond donors (Lipinski definition) is 3. The molecule has 0 aliphatic rings. The molecule has 2 heterocycles. The Morgan fingerprint density at radius 3 is 2.73 bits per heavy atom. The number of aromatic nitrogens is 4. The smallest absolute Gasteiger partial charge is 0.319 e. The quantitative estimate of drug-likeness (QED) is 0.431. The number of aromatic amines is 1. The summed E-state index contributed by atoms with van der Waals surface area (Å²) in [6.45, 7) is 6.62. The molecule has 0 saturated heterocycles. The van der Waals surface area contributed by atoms with Crippen LogP contribution in [0.15, 0.2) is 54.7 Å². The Hall–Kier alpha value is -3.32. The molecule has 2 amide bonds. The third kappa shape index (κ3) is 4.16. The number of H-pyrrole nitrogens is 1. The molecule has 0 radical (unpaired) electrons. The number of halogens is 1. The number of anilines is 1. The van der Waals surface area contributed by atoms with Crippen LogP contribution < -0.4 is 10.6 Å². The second kappa shape index (κ2) is 7.84. The zero-order chi connectivity index (χ0) is 21.3. The van der Waals surface area contributed by atoms with Gasteiger partial charge in [0.1, 0.15) is 0 Å². The molecule has 4 rings (SSSR count). The number of benzene rings is 2. The van der Waals surface area contributed by atoms with Crippen LogP contribution >= 0.6 is 11.6 Å². The first-order valence-corrected chi connectivity index (χ1v) is 10.0. The van der Waals surface area contributed by atoms with Gasteiger partial charge in [-0.15, -0.1) is 0 Å². The third-order valence-electron chi connectivity index (χ3n) is 4.77. The van der Waals surface area contributed by atoms with E-state index >= 15 is 0 Å². The fraction of sp³-hybridized carbons (Fsp3) is 0.227. The van der Waals surface area contributed by atoms with E-state index in [-0.39, 0.29) is 11.4 Å². The van der Waals surface area contributed by atoms with Crippen LogP contribution in [0.2, 0.25) is 5.02 Å². The lowest BCUT2D eigenvalue weighted by molar-refractivity contribution is 0.251. The first kappa shape index (κ1) is 20.0. The predicted octanol–water partition coefficient (Wildman–Crippen LogP) is 5.02. The van der Waals surface area contributed by atoms with Crippen molar-refractivity contribution in [2.45, 2.75) is 32.7 Å². The molecule has 8 heteroatoms. The minimum Gasteiger partial charge on any atom is -0.332 e. The summed E-state index contributed by atoms with van der Waals surface area (Å²) in [5, 5.41) is 19.0. The van der Waals surface area contributed by atoms with Crippen LogP contribution in [0.25, 0.3) is 16.6 Å². The zero-order valence-corrected chi connectivity index (χ0v) is 17.8. The minimum atomic E-state index is -0.306. The number of carbonyl (C=O) groups is 1. The van der Waals surface area contributed by atoms with Gasteiger partial charge in [0.05, 0.1) is 41.0 Å². The highest BCUT2D eigenvalue weighted by atomic mass is 35.5. The maximum atomic E-state index is 12.6. The summed E-state index contributed by atoms with van der Waals surface area (Å²) >= 11 is 6.17. The molecule has 4 aromatic rings. The van der Waals surface area contributed by atoms with Crippen molar-refractivity contribution in [2.75, 3.05) is 5.32 Å². The van der Waals surface area contributed by atoms with Gasteiger partial charge < -0.3 is 10.6 Å². The van der Waals surface area contributed by atoms with Crippen molar-refractivity contribution in [3.05, 3.63) is 71.1 Å². The first-order chi connectivity index (χ1) is 14.3. The number of amides is 2. The number of fused-ring (bicyclic) bond motifs is 1. The van der Waals surface area contributed by atoms with Crippen molar-refractivity contribution in [2.24, 2.45) is 0 Å². The molecule has 3 N–H and O–H groups in total. The van der Waals surface area contributed by atoms with Gasteiger partial charge in [0.25, 0.3) is 0 Å². The maximum absolute atomic E-state index is 12.6. The Morgan fingerprint density at radius 1 is 1.17 bits per heavy atom. The average molecular weight is 423 g/mol. The predicted molar refractivity (Wildman–Crippen MR) is 119 cm³/mol. The number of nitrogens with one attached hydrogen (secondary N) is 3. The SMILES string of the molecule is CC(C)(C)c1cc(CNC(=O)Nc2cccc3[nH]ncc23)n(-c2cccc(Cl)c2)n1. The monoisotopic (exact) mass is 422 g/mol. The molecule has 0 spiro atoms. The Labute approximate surface area is 179 Å². The first-order valence-electron chi connectivity index (χ1n) is 9.63. The van der Waals surface area contributed by atoms with Crippen LogP contribution in [-0.2, 0) is 12.0 Å². The molecule has 0 aliphatic heterocycles. The summed E-state index contributed by atoms with van der Waals surface area (Å²) in [5.41, 5.74) is 4.07.